The summed E-state index contributed by atoms with van der Waals surface area (Å²) in [5.41, 5.74) is 2.58. The van der Waals surface area contributed by atoms with Gasteiger partial charge in [-0.3, -0.25) is 9.79 Å². The van der Waals surface area contributed by atoms with Crippen LogP contribution in [0.15, 0.2) is 34.8 Å². The van der Waals surface area contributed by atoms with Gasteiger partial charge < -0.3 is 25.4 Å². The van der Waals surface area contributed by atoms with Crippen molar-refractivity contribution in [3.63, 3.8) is 0 Å². The first kappa shape index (κ1) is 22.6. The summed E-state index contributed by atoms with van der Waals surface area (Å²) in [6.07, 6.45) is 8.51. The average Bonchev–Trinajstić information content (AvgIpc) is 2.75. The first-order valence-corrected chi connectivity index (χ1v) is 10.3. The van der Waals surface area contributed by atoms with Gasteiger partial charge in [-0.1, -0.05) is 17.7 Å². The van der Waals surface area contributed by atoms with Crippen molar-refractivity contribution in [2.45, 2.75) is 45.6 Å². The van der Waals surface area contributed by atoms with E-state index >= 15 is 0 Å². The molecular formula is C22H34N4O3. The van der Waals surface area contributed by atoms with Crippen LogP contribution in [-0.2, 0) is 11.3 Å². The fourth-order valence-electron chi connectivity index (χ4n) is 3.21. The van der Waals surface area contributed by atoms with E-state index in [1.165, 1.54) is 25.7 Å². The summed E-state index contributed by atoms with van der Waals surface area (Å²) in [4.78, 5) is 15.9. The Labute approximate surface area is 174 Å². The molecule has 0 aromatic heterocycles. The molecule has 0 heterocycles. The highest BCUT2D eigenvalue weighted by Crippen LogP contribution is 2.28. The maximum absolute atomic E-state index is 11.6. The SMILES string of the molecule is CCNC(=O)COc1ccc(CNC(=NC)NCCC2=CCCCC2)cc1OC. The lowest BCUT2D eigenvalue weighted by molar-refractivity contribution is -0.123. The largest absolute Gasteiger partial charge is 0.493 e. The number of hydrogen-bond donors (Lipinski definition) is 3. The molecule has 0 aliphatic heterocycles. The van der Waals surface area contributed by atoms with Crippen LogP contribution in [0.4, 0.5) is 0 Å². The molecule has 160 valence electrons. The molecule has 0 spiro atoms. The number of nitrogens with zero attached hydrogens (tertiary/aromatic N) is 1. The second-order valence-electron chi connectivity index (χ2n) is 6.94. The van der Waals surface area contributed by atoms with E-state index in [1.807, 2.05) is 25.1 Å². The smallest absolute Gasteiger partial charge is 0.257 e. The number of aliphatic imine (C=N–C) groups is 1. The van der Waals surface area contributed by atoms with Crippen LogP contribution in [0, 0.1) is 0 Å². The average molecular weight is 403 g/mol. The van der Waals surface area contributed by atoms with Gasteiger partial charge in [0.2, 0.25) is 0 Å². The van der Waals surface area contributed by atoms with Crippen LogP contribution >= 0.6 is 0 Å². The number of benzene rings is 1. The quantitative estimate of drug-likeness (QED) is 0.318. The summed E-state index contributed by atoms with van der Waals surface area (Å²) in [5, 5.41) is 9.39. The number of ether oxygens (including phenoxy) is 2. The van der Waals surface area contributed by atoms with Gasteiger partial charge in [0.05, 0.1) is 7.11 Å². The van der Waals surface area contributed by atoms with Crippen LogP contribution < -0.4 is 25.4 Å². The van der Waals surface area contributed by atoms with E-state index in [9.17, 15) is 4.79 Å². The molecule has 1 aromatic carbocycles. The van der Waals surface area contributed by atoms with Gasteiger partial charge in [0.25, 0.3) is 5.91 Å². The van der Waals surface area contributed by atoms with Gasteiger partial charge in [-0.2, -0.15) is 0 Å². The zero-order chi connectivity index (χ0) is 20.9. The monoisotopic (exact) mass is 402 g/mol. The highest BCUT2D eigenvalue weighted by Gasteiger charge is 2.09. The lowest BCUT2D eigenvalue weighted by Crippen LogP contribution is -2.37. The van der Waals surface area contributed by atoms with Crippen LogP contribution in [0.25, 0.3) is 0 Å². The molecule has 0 saturated heterocycles. The van der Waals surface area contributed by atoms with E-state index in [0.29, 0.717) is 24.6 Å². The second kappa shape index (κ2) is 12.7. The van der Waals surface area contributed by atoms with Gasteiger partial charge in [-0.25, -0.2) is 0 Å². The maximum Gasteiger partial charge on any atom is 0.257 e. The molecule has 1 aromatic rings. The second-order valence-corrected chi connectivity index (χ2v) is 6.94. The summed E-state index contributed by atoms with van der Waals surface area (Å²) in [7, 11) is 3.36. The number of carbonyl (C=O) groups excluding carboxylic acids is 1. The van der Waals surface area contributed by atoms with Crippen molar-refractivity contribution in [2.75, 3.05) is 33.9 Å². The highest BCUT2D eigenvalue weighted by molar-refractivity contribution is 5.79. The molecule has 0 unspecified atom stereocenters. The Morgan fingerprint density at radius 3 is 2.72 bits per heavy atom. The lowest BCUT2D eigenvalue weighted by Gasteiger charge is -2.16. The normalized spacial score (nSPS) is 14.0. The van der Waals surface area contributed by atoms with Crippen molar-refractivity contribution < 1.29 is 14.3 Å². The summed E-state index contributed by atoms with van der Waals surface area (Å²) in [6.45, 7) is 3.90. The molecule has 0 saturated carbocycles. The first-order chi connectivity index (χ1) is 14.2. The molecule has 0 bridgehead atoms. The third-order valence-corrected chi connectivity index (χ3v) is 4.77. The molecule has 7 heteroatoms. The fraction of sp³-hybridized carbons (Fsp3) is 0.545. The minimum atomic E-state index is -0.154. The minimum absolute atomic E-state index is 0.0329. The zero-order valence-corrected chi connectivity index (χ0v) is 17.8. The molecule has 2 rings (SSSR count). The van der Waals surface area contributed by atoms with Crippen molar-refractivity contribution in [2.24, 2.45) is 4.99 Å². The summed E-state index contributed by atoms with van der Waals surface area (Å²) < 4.78 is 11.0. The minimum Gasteiger partial charge on any atom is -0.493 e. The highest BCUT2D eigenvalue weighted by atomic mass is 16.5. The molecule has 1 amide bonds. The van der Waals surface area contributed by atoms with E-state index in [-0.39, 0.29) is 12.5 Å². The van der Waals surface area contributed by atoms with Crippen molar-refractivity contribution in [3.8, 4) is 11.5 Å². The number of hydrogen-bond acceptors (Lipinski definition) is 4. The zero-order valence-electron chi connectivity index (χ0n) is 17.8. The Kier molecular flexibility index (Phi) is 9.89. The van der Waals surface area contributed by atoms with Crippen LogP contribution in [-0.4, -0.2) is 45.7 Å². The molecule has 1 aliphatic rings. The number of carbonyl (C=O) groups is 1. The number of amides is 1. The van der Waals surface area contributed by atoms with E-state index in [2.05, 4.69) is 27.0 Å². The molecule has 3 N–H and O–H groups in total. The number of guanidine groups is 1. The van der Waals surface area contributed by atoms with Crippen LogP contribution in [0.1, 0.15) is 44.6 Å². The predicted molar refractivity (Wildman–Crippen MR) is 117 cm³/mol. The standard InChI is InChI=1S/C22H34N4O3/c1-4-24-21(27)16-29-19-11-10-18(14-20(19)28-3)15-26-22(23-2)25-13-12-17-8-6-5-7-9-17/h8,10-11,14H,4-7,9,12-13,15-16H2,1-3H3,(H,24,27)(H2,23,25,26). The lowest BCUT2D eigenvalue weighted by atomic mass is 9.97. The summed E-state index contributed by atoms with van der Waals surface area (Å²) in [6, 6.07) is 5.67. The summed E-state index contributed by atoms with van der Waals surface area (Å²) >= 11 is 0. The molecule has 0 atom stereocenters. The summed E-state index contributed by atoms with van der Waals surface area (Å²) in [5.74, 6) is 1.77. The van der Waals surface area contributed by atoms with Crippen molar-refractivity contribution in [1.82, 2.24) is 16.0 Å². The predicted octanol–water partition coefficient (Wildman–Crippen LogP) is 2.77. The Hall–Kier alpha value is -2.70. The number of rotatable bonds is 10. The number of likely N-dealkylation sites (N-methyl/N-ethyl adjacent to an activating group) is 1. The van der Waals surface area contributed by atoms with Gasteiger partial charge in [-0.05, 0) is 56.7 Å². The van der Waals surface area contributed by atoms with Crippen LogP contribution in [0.5, 0.6) is 11.5 Å². The van der Waals surface area contributed by atoms with Gasteiger partial charge >= 0.3 is 0 Å². The molecule has 7 nitrogen and oxygen atoms in total. The third kappa shape index (κ3) is 8.05. The van der Waals surface area contributed by atoms with E-state index in [1.54, 1.807) is 19.7 Å². The molecular weight excluding hydrogens is 368 g/mol. The molecule has 1 aliphatic carbocycles. The molecule has 0 fully saturated rings. The Morgan fingerprint density at radius 2 is 2.03 bits per heavy atom. The van der Waals surface area contributed by atoms with Gasteiger partial charge in [-0.15, -0.1) is 0 Å². The topological polar surface area (TPSA) is 84.0 Å². The van der Waals surface area contributed by atoms with E-state index in [4.69, 9.17) is 9.47 Å². The van der Waals surface area contributed by atoms with E-state index < -0.39 is 0 Å². The maximum atomic E-state index is 11.6. The first-order valence-electron chi connectivity index (χ1n) is 10.3. The fourth-order valence-corrected chi connectivity index (χ4v) is 3.21. The Balaban J connectivity index is 1.81. The van der Waals surface area contributed by atoms with Crippen LogP contribution in [0.3, 0.4) is 0 Å². The van der Waals surface area contributed by atoms with Gasteiger partial charge in [0, 0.05) is 26.7 Å². The number of nitrogens with one attached hydrogen (secondary N) is 3. The van der Waals surface area contributed by atoms with Crippen molar-refractivity contribution >= 4 is 11.9 Å². The number of allylic oxidation sites excluding steroid dienone is 1. The Morgan fingerprint density at radius 1 is 1.17 bits per heavy atom. The number of methoxy groups -OCH3 is 1. The van der Waals surface area contributed by atoms with Gasteiger partial charge in [0.15, 0.2) is 24.1 Å². The van der Waals surface area contributed by atoms with Crippen molar-refractivity contribution in [3.05, 3.63) is 35.4 Å². The van der Waals surface area contributed by atoms with Crippen LogP contribution in [0.2, 0.25) is 0 Å². The van der Waals surface area contributed by atoms with Gasteiger partial charge in [0.1, 0.15) is 0 Å². The van der Waals surface area contributed by atoms with Crippen molar-refractivity contribution in [1.29, 1.82) is 0 Å². The molecule has 0 radical (unpaired) electrons. The molecule has 29 heavy (non-hydrogen) atoms. The Bertz CT molecular complexity index is 716. The third-order valence-electron chi connectivity index (χ3n) is 4.77. The van der Waals surface area contributed by atoms with E-state index in [0.717, 1.165) is 24.5 Å².